The lowest BCUT2D eigenvalue weighted by atomic mass is 10.1. The van der Waals surface area contributed by atoms with Gasteiger partial charge in [-0.15, -0.1) is 0 Å². The maximum Gasteiger partial charge on any atom is 0.151 e. The Kier molecular flexibility index (Phi) is 4.92. The molecule has 0 radical (unpaired) electrons. The van der Waals surface area contributed by atoms with E-state index in [-0.39, 0.29) is 0 Å². The van der Waals surface area contributed by atoms with Crippen molar-refractivity contribution in [1.82, 2.24) is 15.1 Å². The Morgan fingerprint density at radius 2 is 1.96 bits per heavy atom. The Hall–Kier alpha value is -2.34. The standard InChI is InChI=1S/C17H22N4O2/c1-3-18-21-10-8-20(9-11-21)13-16-12-17(19-23-16)14-4-6-15(22-2)7-5-14/h3-7,12H,8-11,13H2,1-2H3/b18-3+. The van der Waals surface area contributed by atoms with E-state index >= 15 is 0 Å². The highest BCUT2D eigenvalue weighted by Gasteiger charge is 2.17. The van der Waals surface area contributed by atoms with Gasteiger partial charge in [-0.3, -0.25) is 9.91 Å². The zero-order valence-electron chi connectivity index (χ0n) is 13.6. The van der Waals surface area contributed by atoms with Crippen LogP contribution in [0.4, 0.5) is 0 Å². The third-order valence-electron chi connectivity index (χ3n) is 3.95. The first kappa shape index (κ1) is 15.6. The summed E-state index contributed by atoms with van der Waals surface area (Å²) < 4.78 is 10.7. The van der Waals surface area contributed by atoms with Crippen molar-refractivity contribution in [2.75, 3.05) is 33.3 Å². The molecule has 0 amide bonds. The predicted octanol–water partition coefficient (Wildman–Crippen LogP) is 2.47. The van der Waals surface area contributed by atoms with Gasteiger partial charge < -0.3 is 9.26 Å². The van der Waals surface area contributed by atoms with Crippen LogP contribution in [0.2, 0.25) is 0 Å². The van der Waals surface area contributed by atoms with E-state index in [4.69, 9.17) is 9.26 Å². The summed E-state index contributed by atoms with van der Waals surface area (Å²) in [5.41, 5.74) is 1.89. The predicted molar refractivity (Wildman–Crippen MR) is 89.5 cm³/mol. The van der Waals surface area contributed by atoms with Crippen LogP contribution in [-0.2, 0) is 6.54 Å². The Morgan fingerprint density at radius 3 is 2.61 bits per heavy atom. The largest absolute Gasteiger partial charge is 0.497 e. The Labute approximate surface area is 136 Å². The summed E-state index contributed by atoms with van der Waals surface area (Å²) in [4.78, 5) is 2.36. The highest BCUT2D eigenvalue weighted by Crippen LogP contribution is 2.22. The molecule has 2 aromatic rings. The van der Waals surface area contributed by atoms with E-state index in [0.717, 1.165) is 55.5 Å². The number of piperazine rings is 1. The number of aromatic nitrogens is 1. The molecular formula is C17H22N4O2. The summed E-state index contributed by atoms with van der Waals surface area (Å²) in [6.07, 6.45) is 1.84. The average molecular weight is 314 g/mol. The molecule has 3 rings (SSSR count). The second-order valence-corrected chi connectivity index (χ2v) is 5.51. The number of methoxy groups -OCH3 is 1. The van der Waals surface area contributed by atoms with Crippen LogP contribution >= 0.6 is 0 Å². The summed E-state index contributed by atoms with van der Waals surface area (Å²) >= 11 is 0. The molecular weight excluding hydrogens is 292 g/mol. The monoisotopic (exact) mass is 314 g/mol. The number of hydrogen-bond donors (Lipinski definition) is 0. The van der Waals surface area contributed by atoms with Crippen LogP contribution in [0.5, 0.6) is 5.75 Å². The molecule has 23 heavy (non-hydrogen) atoms. The van der Waals surface area contributed by atoms with Gasteiger partial charge in [0.25, 0.3) is 0 Å². The normalized spacial score (nSPS) is 16.2. The topological polar surface area (TPSA) is 54.1 Å². The van der Waals surface area contributed by atoms with Crippen molar-refractivity contribution >= 4 is 6.21 Å². The minimum absolute atomic E-state index is 0.785. The Balaban J connectivity index is 1.59. The zero-order valence-corrected chi connectivity index (χ0v) is 13.6. The van der Waals surface area contributed by atoms with Gasteiger partial charge in [-0.1, -0.05) is 5.16 Å². The summed E-state index contributed by atoms with van der Waals surface area (Å²) in [5, 5.41) is 10.6. The van der Waals surface area contributed by atoms with Crippen molar-refractivity contribution < 1.29 is 9.26 Å². The van der Waals surface area contributed by atoms with Crippen LogP contribution in [0.3, 0.4) is 0 Å². The van der Waals surface area contributed by atoms with Crippen molar-refractivity contribution in [3.63, 3.8) is 0 Å². The van der Waals surface area contributed by atoms with Gasteiger partial charge in [0.2, 0.25) is 0 Å². The minimum Gasteiger partial charge on any atom is -0.497 e. The number of nitrogens with zero attached hydrogens (tertiary/aromatic N) is 4. The van der Waals surface area contributed by atoms with E-state index in [2.05, 4.69) is 20.2 Å². The van der Waals surface area contributed by atoms with Crippen molar-refractivity contribution in [2.45, 2.75) is 13.5 Å². The van der Waals surface area contributed by atoms with Crippen LogP contribution in [0.15, 0.2) is 40.0 Å². The van der Waals surface area contributed by atoms with Gasteiger partial charge in [-0.2, -0.15) is 5.10 Å². The third kappa shape index (κ3) is 3.90. The van der Waals surface area contributed by atoms with Crippen LogP contribution in [0.25, 0.3) is 11.3 Å². The second kappa shape index (κ2) is 7.28. The van der Waals surface area contributed by atoms with Gasteiger partial charge in [-0.25, -0.2) is 0 Å². The molecule has 0 saturated carbocycles. The third-order valence-corrected chi connectivity index (χ3v) is 3.95. The smallest absolute Gasteiger partial charge is 0.151 e. The quantitative estimate of drug-likeness (QED) is 0.794. The number of rotatable bonds is 5. The maximum absolute atomic E-state index is 5.49. The van der Waals surface area contributed by atoms with E-state index in [1.54, 1.807) is 7.11 Å². The van der Waals surface area contributed by atoms with E-state index in [1.807, 2.05) is 43.5 Å². The van der Waals surface area contributed by atoms with Crippen molar-refractivity contribution in [3.8, 4) is 17.0 Å². The lowest BCUT2D eigenvalue weighted by Gasteiger charge is -2.32. The minimum atomic E-state index is 0.785. The molecule has 1 saturated heterocycles. The molecule has 0 spiro atoms. The number of benzene rings is 1. The zero-order chi connectivity index (χ0) is 16.1. The van der Waals surface area contributed by atoms with Gasteiger partial charge in [-0.05, 0) is 31.2 Å². The molecule has 0 bridgehead atoms. The first-order chi connectivity index (χ1) is 11.3. The summed E-state index contributed by atoms with van der Waals surface area (Å²) in [6, 6.07) is 9.84. The van der Waals surface area contributed by atoms with Gasteiger partial charge in [0.05, 0.1) is 13.7 Å². The van der Waals surface area contributed by atoms with Crippen molar-refractivity contribution in [1.29, 1.82) is 0 Å². The van der Waals surface area contributed by atoms with Gasteiger partial charge >= 0.3 is 0 Å². The number of ether oxygens (including phenoxy) is 1. The fraction of sp³-hybridized carbons (Fsp3) is 0.412. The first-order valence-electron chi connectivity index (χ1n) is 7.84. The Bertz CT molecular complexity index is 643. The molecule has 1 aliphatic rings. The molecule has 0 aliphatic carbocycles. The molecule has 6 heteroatoms. The van der Waals surface area contributed by atoms with Crippen molar-refractivity contribution in [2.24, 2.45) is 5.10 Å². The molecule has 1 aromatic heterocycles. The van der Waals surface area contributed by atoms with Crippen LogP contribution in [0, 0.1) is 0 Å². The molecule has 6 nitrogen and oxygen atoms in total. The number of hydrazone groups is 1. The fourth-order valence-electron chi connectivity index (χ4n) is 2.68. The van der Waals surface area contributed by atoms with Crippen LogP contribution < -0.4 is 4.74 Å². The fourth-order valence-corrected chi connectivity index (χ4v) is 2.68. The van der Waals surface area contributed by atoms with Gasteiger partial charge in [0.15, 0.2) is 5.76 Å². The maximum atomic E-state index is 5.49. The molecule has 1 aromatic carbocycles. The second-order valence-electron chi connectivity index (χ2n) is 5.51. The van der Waals surface area contributed by atoms with E-state index in [1.165, 1.54) is 0 Å². The first-order valence-corrected chi connectivity index (χ1v) is 7.84. The summed E-state index contributed by atoms with van der Waals surface area (Å²) in [5.74, 6) is 1.73. The molecule has 1 fully saturated rings. The molecule has 0 unspecified atom stereocenters. The van der Waals surface area contributed by atoms with Crippen LogP contribution in [0.1, 0.15) is 12.7 Å². The molecule has 2 heterocycles. The SMILES string of the molecule is C/C=N/N1CCN(Cc2cc(-c3ccc(OC)cc3)no2)CC1. The van der Waals surface area contributed by atoms with E-state index < -0.39 is 0 Å². The summed E-state index contributed by atoms with van der Waals surface area (Å²) in [6.45, 7) is 6.59. The van der Waals surface area contributed by atoms with E-state index in [0.29, 0.717) is 0 Å². The molecule has 1 aliphatic heterocycles. The highest BCUT2D eigenvalue weighted by molar-refractivity contribution is 5.59. The lowest BCUT2D eigenvalue weighted by Crippen LogP contribution is -2.43. The molecule has 122 valence electrons. The number of hydrogen-bond acceptors (Lipinski definition) is 6. The van der Waals surface area contributed by atoms with Gasteiger partial charge in [0.1, 0.15) is 11.4 Å². The summed E-state index contributed by atoms with van der Waals surface area (Å²) in [7, 11) is 1.66. The lowest BCUT2D eigenvalue weighted by molar-refractivity contribution is 0.122. The highest BCUT2D eigenvalue weighted by atomic mass is 16.5. The van der Waals surface area contributed by atoms with E-state index in [9.17, 15) is 0 Å². The van der Waals surface area contributed by atoms with Crippen LogP contribution in [-0.4, -0.2) is 54.6 Å². The van der Waals surface area contributed by atoms with Crippen molar-refractivity contribution in [3.05, 3.63) is 36.1 Å². The van der Waals surface area contributed by atoms with Gasteiger partial charge in [0, 0.05) is 44.0 Å². The molecule has 0 atom stereocenters. The average Bonchev–Trinajstić information content (AvgIpc) is 3.05. The molecule has 0 N–H and O–H groups in total. The Morgan fingerprint density at radius 1 is 1.22 bits per heavy atom.